The molecular formula is C21H22N4O4S. The minimum Gasteiger partial charge on any atom is -0.435 e. The number of rotatable bonds is 8. The maximum Gasteiger partial charge on any atom is 0.280 e. The number of nitrogens with one attached hydrogen (secondary N) is 1. The van der Waals surface area contributed by atoms with E-state index in [-0.39, 0.29) is 28.6 Å². The lowest BCUT2D eigenvalue weighted by Crippen LogP contribution is -2.31. The summed E-state index contributed by atoms with van der Waals surface area (Å²) in [5, 5.41) is 14.3. The van der Waals surface area contributed by atoms with E-state index in [4.69, 9.17) is 4.42 Å². The van der Waals surface area contributed by atoms with Crippen molar-refractivity contribution in [2.24, 2.45) is 0 Å². The number of benzene rings is 2. The number of nitrogens with zero attached hydrogens (tertiary/aromatic N) is 3. The molecule has 9 heteroatoms. The van der Waals surface area contributed by atoms with Crippen molar-refractivity contribution in [2.75, 3.05) is 33.4 Å². The van der Waals surface area contributed by atoms with Gasteiger partial charge in [-0.05, 0) is 50.7 Å². The number of amides is 1. The van der Waals surface area contributed by atoms with Crippen LogP contribution in [-0.4, -0.2) is 54.2 Å². The van der Waals surface area contributed by atoms with Gasteiger partial charge >= 0.3 is 0 Å². The number of aromatic nitrogens is 1. The molecule has 3 aromatic rings. The number of thioether (sulfide) groups is 1. The van der Waals surface area contributed by atoms with Crippen LogP contribution in [0.25, 0.3) is 22.8 Å². The van der Waals surface area contributed by atoms with Gasteiger partial charge in [-0.2, -0.15) is 0 Å². The first-order valence-electron chi connectivity index (χ1n) is 9.22. The van der Waals surface area contributed by atoms with Crippen molar-refractivity contribution < 1.29 is 14.1 Å². The monoisotopic (exact) mass is 426 g/mol. The molecular weight excluding hydrogens is 404 g/mol. The Morgan fingerprint density at radius 1 is 1.20 bits per heavy atom. The number of hydrogen-bond donors (Lipinski definition) is 1. The molecule has 1 heterocycles. The molecule has 0 aliphatic heterocycles. The minimum absolute atomic E-state index is 0.0204. The highest BCUT2D eigenvalue weighted by atomic mass is 32.2. The summed E-state index contributed by atoms with van der Waals surface area (Å²) in [7, 11) is 3.80. The summed E-state index contributed by atoms with van der Waals surface area (Å²) >= 11 is 1.61. The Bertz CT molecular complexity index is 1050. The van der Waals surface area contributed by atoms with E-state index in [1.54, 1.807) is 30.0 Å². The van der Waals surface area contributed by atoms with Crippen molar-refractivity contribution in [3.05, 3.63) is 64.3 Å². The maximum atomic E-state index is 12.8. The van der Waals surface area contributed by atoms with E-state index >= 15 is 0 Å². The second-order valence-electron chi connectivity index (χ2n) is 6.76. The van der Waals surface area contributed by atoms with E-state index in [2.05, 4.69) is 10.3 Å². The number of para-hydroxylation sites is 1. The molecule has 1 N–H and O–H groups in total. The number of hydrogen-bond acceptors (Lipinski definition) is 7. The average Bonchev–Trinajstić information content (AvgIpc) is 3.19. The van der Waals surface area contributed by atoms with Gasteiger partial charge in [-0.25, -0.2) is 4.98 Å². The van der Waals surface area contributed by atoms with Gasteiger partial charge in [0.15, 0.2) is 11.5 Å². The summed E-state index contributed by atoms with van der Waals surface area (Å²) in [6, 6.07) is 13.7. The zero-order valence-corrected chi connectivity index (χ0v) is 17.7. The molecule has 0 unspecified atom stereocenters. The summed E-state index contributed by atoms with van der Waals surface area (Å²) in [6.07, 6.45) is 1.98. The maximum absolute atomic E-state index is 12.8. The summed E-state index contributed by atoms with van der Waals surface area (Å²) < 4.78 is 5.91. The Balaban J connectivity index is 2.06. The number of nitro groups is 1. The van der Waals surface area contributed by atoms with E-state index in [1.807, 2.05) is 49.5 Å². The van der Waals surface area contributed by atoms with Crippen molar-refractivity contribution in [3.63, 3.8) is 0 Å². The molecule has 0 fully saturated rings. The predicted octanol–water partition coefficient (Wildman–Crippen LogP) is 3.93. The SMILES string of the molecule is CSc1ccc(-c2nc(C(=O)NCCN(C)C)c(-c3ccccc3[N+](=O)[O-])o2)cc1. The third-order valence-electron chi connectivity index (χ3n) is 4.37. The van der Waals surface area contributed by atoms with Crippen LogP contribution in [-0.2, 0) is 0 Å². The van der Waals surface area contributed by atoms with Crippen molar-refractivity contribution in [1.29, 1.82) is 0 Å². The minimum atomic E-state index is -0.501. The van der Waals surface area contributed by atoms with E-state index in [9.17, 15) is 14.9 Å². The normalized spacial score (nSPS) is 10.9. The van der Waals surface area contributed by atoms with Crippen LogP contribution in [0, 0.1) is 10.1 Å². The summed E-state index contributed by atoms with van der Waals surface area (Å²) in [5.74, 6) is -0.136. The topological polar surface area (TPSA) is 102 Å². The molecule has 0 saturated carbocycles. The van der Waals surface area contributed by atoms with Crippen molar-refractivity contribution in [3.8, 4) is 22.8 Å². The van der Waals surface area contributed by atoms with Crippen LogP contribution in [0.3, 0.4) is 0 Å². The largest absolute Gasteiger partial charge is 0.435 e. The fourth-order valence-corrected chi connectivity index (χ4v) is 3.22. The van der Waals surface area contributed by atoms with Gasteiger partial charge in [-0.1, -0.05) is 12.1 Å². The average molecular weight is 426 g/mol. The van der Waals surface area contributed by atoms with Crippen LogP contribution in [0.1, 0.15) is 10.5 Å². The van der Waals surface area contributed by atoms with E-state index in [0.717, 1.165) is 4.90 Å². The van der Waals surface area contributed by atoms with Gasteiger partial charge in [-0.15, -0.1) is 11.8 Å². The first-order valence-corrected chi connectivity index (χ1v) is 10.4. The van der Waals surface area contributed by atoms with Crippen LogP contribution in [0.5, 0.6) is 0 Å². The van der Waals surface area contributed by atoms with E-state index in [1.165, 1.54) is 6.07 Å². The molecule has 0 aliphatic carbocycles. The number of oxazole rings is 1. The van der Waals surface area contributed by atoms with Gasteiger partial charge in [0.1, 0.15) is 0 Å². The lowest BCUT2D eigenvalue weighted by Gasteiger charge is -2.09. The van der Waals surface area contributed by atoms with E-state index < -0.39 is 10.8 Å². The van der Waals surface area contributed by atoms with Crippen LogP contribution in [0.2, 0.25) is 0 Å². The van der Waals surface area contributed by atoms with Gasteiger partial charge in [0.25, 0.3) is 11.6 Å². The summed E-state index contributed by atoms with van der Waals surface area (Å²) in [6.45, 7) is 1.06. The molecule has 2 aromatic carbocycles. The number of carbonyl (C=O) groups is 1. The lowest BCUT2D eigenvalue weighted by atomic mass is 10.1. The number of nitro benzene ring substituents is 1. The van der Waals surface area contributed by atoms with E-state index in [0.29, 0.717) is 18.7 Å². The summed E-state index contributed by atoms with van der Waals surface area (Å²) in [4.78, 5) is 31.2. The smallest absolute Gasteiger partial charge is 0.280 e. The Kier molecular flexibility index (Phi) is 6.86. The fraction of sp³-hybridized carbons (Fsp3) is 0.238. The highest BCUT2D eigenvalue weighted by Gasteiger charge is 2.27. The van der Waals surface area contributed by atoms with Crippen LogP contribution < -0.4 is 5.32 Å². The van der Waals surface area contributed by atoms with Crippen LogP contribution in [0.4, 0.5) is 5.69 Å². The number of likely N-dealkylation sites (N-methyl/N-ethyl adjacent to an activating group) is 1. The van der Waals surface area contributed by atoms with Crippen LogP contribution in [0.15, 0.2) is 57.8 Å². The molecule has 0 bridgehead atoms. The molecule has 0 aliphatic rings. The Labute approximate surface area is 178 Å². The van der Waals surface area contributed by atoms with Crippen molar-refractivity contribution in [1.82, 2.24) is 15.2 Å². The zero-order chi connectivity index (χ0) is 21.7. The molecule has 0 saturated heterocycles. The van der Waals surface area contributed by atoms with Gasteiger partial charge in [0.05, 0.1) is 10.5 Å². The third-order valence-corrected chi connectivity index (χ3v) is 5.11. The predicted molar refractivity (Wildman–Crippen MR) is 117 cm³/mol. The molecule has 1 aromatic heterocycles. The molecule has 30 heavy (non-hydrogen) atoms. The molecule has 0 atom stereocenters. The third kappa shape index (κ3) is 4.87. The molecule has 1 amide bonds. The van der Waals surface area contributed by atoms with Crippen LogP contribution >= 0.6 is 11.8 Å². The van der Waals surface area contributed by atoms with Crippen molar-refractivity contribution >= 4 is 23.4 Å². The second kappa shape index (κ2) is 9.55. The standard InChI is InChI=1S/C21H22N4O4S/c1-24(2)13-12-22-20(26)18-19(16-6-4-5-7-17(16)25(27)28)29-21(23-18)14-8-10-15(30-3)11-9-14/h4-11H,12-13H2,1-3H3,(H,22,26). The Hall–Kier alpha value is -3.17. The highest BCUT2D eigenvalue weighted by Crippen LogP contribution is 2.35. The van der Waals surface area contributed by atoms with Gasteiger partial charge in [0.2, 0.25) is 5.89 Å². The summed E-state index contributed by atoms with van der Waals surface area (Å²) in [5.41, 5.74) is 0.756. The molecule has 0 radical (unpaired) electrons. The van der Waals surface area contributed by atoms with Gasteiger partial charge < -0.3 is 14.6 Å². The van der Waals surface area contributed by atoms with Crippen molar-refractivity contribution in [2.45, 2.75) is 4.90 Å². The Morgan fingerprint density at radius 2 is 1.90 bits per heavy atom. The lowest BCUT2D eigenvalue weighted by molar-refractivity contribution is -0.384. The second-order valence-corrected chi connectivity index (χ2v) is 7.64. The Morgan fingerprint density at radius 3 is 2.53 bits per heavy atom. The first kappa shape index (κ1) is 21.5. The molecule has 156 valence electrons. The quantitative estimate of drug-likeness (QED) is 0.331. The zero-order valence-electron chi connectivity index (χ0n) is 16.9. The molecule has 3 rings (SSSR count). The first-order chi connectivity index (χ1) is 14.4. The van der Waals surface area contributed by atoms with Gasteiger partial charge in [0, 0.05) is 29.6 Å². The highest BCUT2D eigenvalue weighted by molar-refractivity contribution is 7.98. The molecule has 0 spiro atoms. The van der Waals surface area contributed by atoms with Gasteiger partial charge in [-0.3, -0.25) is 14.9 Å². The molecule has 8 nitrogen and oxygen atoms in total. The fourth-order valence-electron chi connectivity index (χ4n) is 2.82. The number of carbonyl (C=O) groups excluding carboxylic acids is 1.